The van der Waals surface area contributed by atoms with Crippen molar-refractivity contribution >= 4 is 11.5 Å². The standard InChI is InChI=1S/C13H8FN3O/c14-10-7-4-8-17-12(10)15-11(13(17)16-18)9-5-2-1-3-6-9/h1-8H. The number of aromatic nitrogens is 2. The molecule has 2 aromatic heterocycles. The summed E-state index contributed by atoms with van der Waals surface area (Å²) >= 11 is 0. The Morgan fingerprint density at radius 1 is 1.11 bits per heavy atom. The molecule has 0 N–H and O–H groups in total. The summed E-state index contributed by atoms with van der Waals surface area (Å²) in [6.45, 7) is 0. The van der Waals surface area contributed by atoms with E-state index in [9.17, 15) is 9.30 Å². The smallest absolute Gasteiger partial charge is 0.209 e. The van der Waals surface area contributed by atoms with Crippen LogP contribution < -0.4 is 0 Å². The lowest BCUT2D eigenvalue weighted by molar-refractivity contribution is 0.630. The Labute approximate surface area is 102 Å². The summed E-state index contributed by atoms with van der Waals surface area (Å²) in [5, 5.41) is 2.96. The van der Waals surface area contributed by atoms with E-state index in [0.717, 1.165) is 5.56 Å². The highest BCUT2D eigenvalue weighted by Gasteiger charge is 2.16. The maximum Gasteiger partial charge on any atom is 0.209 e. The first-order valence-corrected chi connectivity index (χ1v) is 5.36. The first-order chi connectivity index (χ1) is 8.81. The number of pyridine rings is 1. The summed E-state index contributed by atoms with van der Waals surface area (Å²) in [6.07, 6.45) is 1.56. The Morgan fingerprint density at radius 3 is 2.61 bits per heavy atom. The maximum absolute atomic E-state index is 13.6. The van der Waals surface area contributed by atoms with E-state index in [4.69, 9.17) is 0 Å². The summed E-state index contributed by atoms with van der Waals surface area (Å²) in [5.41, 5.74) is 1.22. The number of fused-ring (bicyclic) bond motifs is 1. The summed E-state index contributed by atoms with van der Waals surface area (Å²) in [5.74, 6) is -0.375. The summed E-state index contributed by atoms with van der Waals surface area (Å²) in [4.78, 5) is 15.1. The lowest BCUT2D eigenvalue weighted by atomic mass is 10.1. The van der Waals surface area contributed by atoms with E-state index in [1.54, 1.807) is 18.3 Å². The van der Waals surface area contributed by atoms with Crippen molar-refractivity contribution in [2.45, 2.75) is 0 Å². The number of halogens is 1. The Morgan fingerprint density at radius 2 is 1.89 bits per heavy atom. The highest BCUT2D eigenvalue weighted by Crippen LogP contribution is 2.31. The number of hydrogen-bond acceptors (Lipinski definition) is 3. The first kappa shape index (κ1) is 10.6. The van der Waals surface area contributed by atoms with Gasteiger partial charge in [0.1, 0.15) is 5.69 Å². The third-order valence-corrected chi connectivity index (χ3v) is 2.71. The fourth-order valence-corrected chi connectivity index (χ4v) is 1.90. The van der Waals surface area contributed by atoms with E-state index in [2.05, 4.69) is 10.2 Å². The predicted octanol–water partition coefficient (Wildman–Crippen LogP) is 3.54. The lowest BCUT2D eigenvalue weighted by Crippen LogP contribution is -1.86. The zero-order chi connectivity index (χ0) is 12.5. The summed E-state index contributed by atoms with van der Waals surface area (Å²) < 4.78 is 15.0. The fourth-order valence-electron chi connectivity index (χ4n) is 1.90. The zero-order valence-corrected chi connectivity index (χ0v) is 9.25. The highest BCUT2D eigenvalue weighted by atomic mass is 19.1. The van der Waals surface area contributed by atoms with Gasteiger partial charge < -0.3 is 0 Å². The van der Waals surface area contributed by atoms with Crippen molar-refractivity contribution in [3.8, 4) is 11.3 Å². The van der Waals surface area contributed by atoms with Crippen molar-refractivity contribution in [2.24, 2.45) is 5.18 Å². The van der Waals surface area contributed by atoms with Gasteiger partial charge in [-0.1, -0.05) is 30.3 Å². The minimum atomic E-state index is -0.482. The van der Waals surface area contributed by atoms with Crippen molar-refractivity contribution in [3.05, 3.63) is 59.4 Å². The second-order valence-corrected chi connectivity index (χ2v) is 3.79. The van der Waals surface area contributed by atoms with Gasteiger partial charge in [-0.15, -0.1) is 4.91 Å². The van der Waals surface area contributed by atoms with Crippen LogP contribution >= 0.6 is 0 Å². The molecule has 88 valence electrons. The first-order valence-electron chi connectivity index (χ1n) is 5.36. The average molecular weight is 241 g/mol. The van der Waals surface area contributed by atoms with Crippen LogP contribution in [0.5, 0.6) is 0 Å². The van der Waals surface area contributed by atoms with Gasteiger partial charge in [-0.2, -0.15) is 0 Å². The monoisotopic (exact) mass is 241 g/mol. The van der Waals surface area contributed by atoms with Gasteiger partial charge in [0.2, 0.25) is 5.82 Å². The number of rotatable bonds is 2. The minimum Gasteiger partial charge on any atom is -0.279 e. The molecule has 0 amide bonds. The van der Waals surface area contributed by atoms with E-state index in [0.29, 0.717) is 5.69 Å². The molecular formula is C13H8FN3O. The SMILES string of the molecule is O=Nc1c(-c2ccccc2)nc2c(F)cccn12. The van der Waals surface area contributed by atoms with Crippen molar-refractivity contribution in [2.75, 3.05) is 0 Å². The van der Waals surface area contributed by atoms with Crippen molar-refractivity contribution in [1.29, 1.82) is 0 Å². The average Bonchev–Trinajstić information content (AvgIpc) is 2.80. The van der Waals surface area contributed by atoms with Gasteiger partial charge in [-0.05, 0) is 17.3 Å². The molecule has 0 saturated carbocycles. The van der Waals surface area contributed by atoms with Gasteiger partial charge in [0, 0.05) is 11.8 Å². The van der Waals surface area contributed by atoms with Crippen molar-refractivity contribution < 1.29 is 4.39 Å². The molecule has 0 aliphatic heterocycles. The van der Waals surface area contributed by atoms with Crippen LogP contribution in [0.4, 0.5) is 10.2 Å². The van der Waals surface area contributed by atoms with Gasteiger partial charge >= 0.3 is 0 Å². The quantitative estimate of drug-likeness (QED) is 0.644. The fraction of sp³-hybridized carbons (Fsp3) is 0. The van der Waals surface area contributed by atoms with E-state index >= 15 is 0 Å². The molecule has 0 spiro atoms. The third kappa shape index (κ3) is 1.48. The normalized spacial score (nSPS) is 10.7. The van der Waals surface area contributed by atoms with Crippen LogP contribution in [-0.4, -0.2) is 9.38 Å². The Balaban J connectivity index is 2.37. The second kappa shape index (κ2) is 4.03. The molecule has 0 radical (unpaired) electrons. The maximum atomic E-state index is 13.6. The molecule has 0 aliphatic carbocycles. The Kier molecular flexibility index (Phi) is 2.37. The number of hydrogen-bond donors (Lipinski definition) is 0. The number of nitroso groups, excluding NO2 is 1. The van der Waals surface area contributed by atoms with Crippen LogP contribution in [0.1, 0.15) is 0 Å². The predicted molar refractivity (Wildman–Crippen MR) is 66.0 cm³/mol. The largest absolute Gasteiger partial charge is 0.279 e. The number of nitrogens with zero attached hydrogens (tertiary/aromatic N) is 3. The molecule has 0 bridgehead atoms. The van der Waals surface area contributed by atoms with Gasteiger partial charge in [0.15, 0.2) is 11.5 Å². The molecule has 0 atom stereocenters. The molecule has 0 saturated heterocycles. The molecule has 1 aromatic carbocycles. The topological polar surface area (TPSA) is 46.7 Å². The third-order valence-electron chi connectivity index (χ3n) is 2.71. The second-order valence-electron chi connectivity index (χ2n) is 3.79. The summed E-state index contributed by atoms with van der Waals surface area (Å²) in [6, 6.07) is 11.9. The van der Waals surface area contributed by atoms with Crippen LogP contribution in [0.25, 0.3) is 16.9 Å². The molecule has 2 heterocycles. The van der Waals surface area contributed by atoms with E-state index in [1.807, 2.05) is 18.2 Å². The van der Waals surface area contributed by atoms with Crippen LogP contribution in [0, 0.1) is 10.7 Å². The van der Waals surface area contributed by atoms with Crippen molar-refractivity contribution in [1.82, 2.24) is 9.38 Å². The molecule has 18 heavy (non-hydrogen) atoms. The highest BCUT2D eigenvalue weighted by molar-refractivity contribution is 5.74. The van der Waals surface area contributed by atoms with E-state index in [-0.39, 0.29) is 11.5 Å². The Hall–Kier alpha value is -2.56. The van der Waals surface area contributed by atoms with E-state index < -0.39 is 5.82 Å². The van der Waals surface area contributed by atoms with Gasteiger partial charge in [-0.3, -0.25) is 4.40 Å². The molecule has 5 heteroatoms. The van der Waals surface area contributed by atoms with Crippen LogP contribution in [0.2, 0.25) is 0 Å². The lowest BCUT2D eigenvalue weighted by Gasteiger charge is -1.96. The van der Waals surface area contributed by atoms with Crippen molar-refractivity contribution in [3.63, 3.8) is 0 Å². The minimum absolute atomic E-state index is 0.103. The van der Waals surface area contributed by atoms with Crippen LogP contribution in [-0.2, 0) is 0 Å². The molecule has 0 aliphatic rings. The zero-order valence-electron chi connectivity index (χ0n) is 9.25. The molecule has 3 rings (SSSR count). The molecule has 0 fully saturated rings. The van der Waals surface area contributed by atoms with Crippen LogP contribution in [0.3, 0.4) is 0 Å². The van der Waals surface area contributed by atoms with Crippen LogP contribution in [0.15, 0.2) is 53.8 Å². The molecule has 3 aromatic rings. The summed E-state index contributed by atoms with van der Waals surface area (Å²) in [7, 11) is 0. The number of imidazole rings is 1. The molecule has 0 unspecified atom stereocenters. The molecule has 4 nitrogen and oxygen atoms in total. The molecular weight excluding hydrogens is 233 g/mol. The van der Waals surface area contributed by atoms with Gasteiger partial charge in [0.05, 0.1) is 0 Å². The van der Waals surface area contributed by atoms with Gasteiger partial charge in [0.25, 0.3) is 0 Å². The van der Waals surface area contributed by atoms with E-state index in [1.165, 1.54) is 16.5 Å². The van der Waals surface area contributed by atoms with Gasteiger partial charge in [-0.25, -0.2) is 9.37 Å². The number of benzene rings is 1. The Bertz CT molecular complexity index is 722.